The molecular weight excluding hydrogens is 678 g/mol. The fourth-order valence-electron chi connectivity index (χ4n) is 7.25. The molecular formula is C36H35N5O9S. The molecule has 0 saturated carbocycles. The maximum atomic E-state index is 14.0. The Labute approximate surface area is 292 Å². The van der Waals surface area contributed by atoms with Crippen molar-refractivity contribution in [1.82, 2.24) is 19.9 Å². The highest BCUT2D eigenvalue weighted by molar-refractivity contribution is 7.91. The Morgan fingerprint density at radius 2 is 1.67 bits per heavy atom. The lowest BCUT2D eigenvalue weighted by molar-refractivity contribution is -0.832. The van der Waals surface area contributed by atoms with Gasteiger partial charge in [-0.25, -0.2) is 13.2 Å². The molecule has 264 valence electrons. The Morgan fingerprint density at radius 3 is 2.51 bits per heavy atom. The van der Waals surface area contributed by atoms with E-state index in [0.717, 1.165) is 53.4 Å². The molecule has 1 fully saturated rings. The highest BCUT2D eigenvalue weighted by atomic mass is 32.2. The van der Waals surface area contributed by atoms with Gasteiger partial charge in [-0.05, 0) is 59.2 Å². The molecule has 3 aliphatic rings. The van der Waals surface area contributed by atoms with Gasteiger partial charge in [-0.3, -0.25) is 19.2 Å². The number of hydrogen-bond acceptors (Lipinski definition) is 10. The van der Waals surface area contributed by atoms with Gasteiger partial charge in [0.2, 0.25) is 6.79 Å². The molecule has 14 nitrogen and oxygen atoms in total. The second kappa shape index (κ2) is 13.3. The van der Waals surface area contributed by atoms with Crippen LogP contribution in [-0.4, -0.2) is 66.3 Å². The van der Waals surface area contributed by atoms with E-state index in [1.54, 1.807) is 23.1 Å². The third kappa shape index (κ3) is 5.80. The van der Waals surface area contributed by atoms with Crippen LogP contribution in [0, 0.1) is 5.21 Å². The molecule has 2 atom stereocenters. The Balaban J connectivity index is 0.857. The molecule has 1 N–H and O–H groups in total. The van der Waals surface area contributed by atoms with Gasteiger partial charge < -0.3 is 24.4 Å². The summed E-state index contributed by atoms with van der Waals surface area (Å²) < 4.78 is 47.1. The van der Waals surface area contributed by atoms with E-state index in [1.807, 2.05) is 42.5 Å². The fourth-order valence-corrected chi connectivity index (χ4v) is 8.55. The van der Waals surface area contributed by atoms with E-state index in [4.69, 9.17) is 14.2 Å². The van der Waals surface area contributed by atoms with Crippen molar-refractivity contribution in [3.05, 3.63) is 94.8 Å². The van der Waals surface area contributed by atoms with Crippen molar-refractivity contribution in [2.45, 2.75) is 67.0 Å². The van der Waals surface area contributed by atoms with Crippen LogP contribution in [0.4, 0.5) is 4.79 Å². The van der Waals surface area contributed by atoms with E-state index in [2.05, 4.69) is 14.8 Å². The summed E-state index contributed by atoms with van der Waals surface area (Å²) in [5.41, 5.74) is 3.76. The molecule has 5 aromatic rings. The van der Waals surface area contributed by atoms with Crippen LogP contribution < -0.4 is 19.1 Å². The standard InChI is InChI=1S/C36H35N5O9S/c42-34-28-21-26-25-14-8-9-15-27(25)37-31(26)32(23-16-17-29-30(20-23)49-22-48-29)40(28)36(43)39(34)18-10-3-1-2-4-11-19-47-33-35(41(44)50-38-33)51(45,46)24-12-6-5-7-13-24/h5-9,12-17,20,28,32,37H,1-4,10-11,18-19,21-22H2/t28-,32+/m0/s1. The van der Waals surface area contributed by atoms with Crippen LogP contribution in [0.1, 0.15) is 61.4 Å². The number of benzene rings is 3. The van der Waals surface area contributed by atoms with Crippen molar-refractivity contribution in [3.8, 4) is 17.4 Å². The van der Waals surface area contributed by atoms with Gasteiger partial charge in [0.15, 0.2) is 11.5 Å². The molecule has 3 aliphatic heterocycles. The average Bonchev–Trinajstić information content (AvgIpc) is 3.91. The van der Waals surface area contributed by atoms with Crippen molar-refractivity contribution in [2.75, 3.05) is 19.9 Å². The van der Waals surface area contributed by atoms with Crippen LogP contribution in [0.2, 0.25) is 0 Å². The minimum Gasteiger partial charge on any atom is -0.454 e. The Morgan fingerprint density at radius 1 is 0.922 bits per heavy atom. The molecule has 0 bridgehead atoms. The molecule has 2 aromatic heterocycles. The number of H-pyrrole nitrogens is 1. The van der Waals surface area contributed by atoms with Crippen LogP contribution in [0.15, 0.2) is 87.3 Å². The third-order valence-corrected chi connectivity index (χ3v) is 11.4. The molecule has 0 spiro atoms. The minimum absolute atomic E-state index is 0.0661. The van der Waals surface area contributed by atoms with Gasteiger partial charge in [0.05, 0.1) is 16.7 Å². The SMILES string of the molecule is O=C1[C@@H]2Cc3c([nH]c4ccccc34)[C@@H](c3ccc4c(c3)OCO4)N2C(=O)N1CCCCCCCCOc1no[n+]([O-])c1S(=O)(=O)c1ccccc1. The molecule has 51 heavy (non-hydrogen) atoms. The number of carbonyl (C=O) groups excluding carboxylic acids is 2. The lowest BCUT2D eigenvalue weighted by Crippen LogP contribution is -2.44. The van der Waals surface area contributed by atoms with Crippen LogP contribution in [0.3, 0.4) is 0 Å². The summed E-state index contributed by atoms with van der Waals surface area (Å²) in [6.07, 6.45) is 5.05. The highest BCUT2D eigenvalue weighted by Crippen LogP contribution is 2.46. The number of fused-ring (bicyclic) bond motifs is 5. The number of para-hydroxylation sites is 1. The van der Waals surface area contributed by atoms with E-state index in [1.165, 1.54) is 17.0 Å². The van der Waals surface area contributed by atoms with Crippen LogP contribution in [0.5, 0.6) is 17.4 Å². The van der Waals surface area contributed by atoms with Crippen LogP contribution >= 0.6 is 0 Å². The number of rotatable bonds is 13. The molecule has 15 heteroatoms. The van der Waals surface area contributed by atoms with E-state index >= 15 is 0 Å². The van der Waals surface area contributed by atoms with Gasteiger partial charge in [0, 0.05) is 29.6 Å². The second-order valence-electron chi connectivity index (χ2n) is 12.8. The highest BCUT2D eigenvalue weighted by Gasteiger charge is 2.52. The van der Waals surface area contributed by atoms with E-state index in [0.29, 0.717) is 37.3 Å². The number of urea groups is 1. The summed E-state index contributed by atoms with van der Waals surface area (Å²) in [6.45, 7) is 0.621. The molecule has 0 radical (unpaired) electrons. The van der Waals surface area contributed by atoms with Crippen LogP contribution in [0.25, 0.3) is 10.9 Å². The molecule has 5 heterocycles. The first-order chi connectivity index (χ1) is 24.8. The molecule has 3 aromatic carbocycles. The number of aromatic nitrogens is 3. The van der Waals surface area contributed by atoms with Crippen molar-refractivity contribution in [3.63, 3.8) is 0 Å². The van der Waals surface area contributed by atoms with Gasteiger partial charge in [0.25, 0.3) is 15.7 Å². The third-order valence-electron chi connectivity index (χ3n) is 9.72. The molecule has 3 amide bonds. The van der Waals surface area contributed by atoms with Gasteiger partial charge in [-0.1, -0.05) is 68.1 Å². The predicted octanol–water partition coefficient (Wildman–Crippen LogP) is 5.05. The Bertz CT molecular complexity index is 2220. The summed E-state index contributed by atoms with van der Waals surface area (Å²) >= 11 is 0. The Kier molecular flexibility index (Phi) is 8.50. The number of nitrogens with zero attached hydrogens (tertiary/aromatic N) is 4. The summed E-state index contributed by atoms with van der Waals surface area (Å²) in [6, 6.07) is 19.8. The first-order valence-corrected chi connectivity index (χ1v) is 18.5. The van der Waals surface area contributed by atoms with Crippen LogP contribution in [-0.2, 0) is 21.1 Å². The summed E-state index contributed by atoms with van der Waals surface area (Å²) in [7, 11) is -4.17. The van der Waals surface area contributed by atoms with Crippen molar-refractivity contribution in [2.24, 2.45) is 0 Å². The zero-order chi connectivity index (χ0) is 35.1. The van der Waals surface area contributed by atoms with Gasteiger partial charge in [-0.2, -0.15) is 0 Å². The molecule has 1 saturated heterocycles. The number of amides is 3. The zero-order valence-corrected chi connectivity index (χ0v) is 28.3. The Hall–Kier alpha value is -5.57. The average molecular weight is 714 g/mol. The summed E-state index contributed by atoms with van der Waals surface area (Å²) in [4.78, 5) is 34.3. The van der Waals surface area contributed by atoms with Crippen molar-refractivity contribution >= 4 is 32.7 Å². The smallest absolute Gasteiger partial charge is 0.414 e. The number of carbonyl (C=O) groups is 2. The van der Waals surface area contributed by atoms with E-state index < -0.39 is 26.9 Å². The predicted molar refractivity (Wildman–Crippen MR) is 180 cm³/mol. The van der Waals surface area contributed by atoms with Crippen molar-refractivity contribution < 1.29 is 41.7 Å². The number of sulfone groups is 1. The first kappa shape index (κ1) is 32.6. The molecule has 0 aliphatic carbocycles. The minimum atomic E-state index is -4.17. The maximum Gasteiger partial charge on any atom is 0.414 e. The summed E-state index contributed by atoms with van der Waals surface area (Å²) in [5, 5.41) is 15.9. The maximum absolute atomic E-state index is 14.0. The quantitative estimate of drug-likeness (QED) is 0.0990. The van der Waals surface area contributed by atoms with Gasteiger partial charge in [-0.15, -0.1) is 0 Å². The zero-order valence-electron chi connectivity index (χ0n) is 27.5. The summed E-state index contributed by atoms with van der Waals surface area (Å²) in [5.74, 6) is 0.713. The van der Waals surface area contributed by atoms with E-state index in [-0.39, 0.29) is 41.0 Å². The van der Waals surface area contributed by atoms with E-state index in [9.17, 15) is 23.2 Å². The number of imide groups is 1. The normalized spacial score (nSPS) is 18.0. The fraction of sp³-hybridized carbons (Fsp3) is 0.333. The number of ether oxygens (including phenoxy) is 3. The first-order valence-electron chi connectivity index (χ1n) is 17.0. The van der Waals surface area contributed by atoms with Gasteiger partial charge in [0.1, 0.15) is 12.1 Å². The second-order valence-corrected chi connectivity index (χ2v) is 14.7. The topological polar surface area (TPSA) is 171 Å². The lowest BCUT2D eigenvalue weighted by Gasteiger charge is -2.36. The number of aromatic amines is 1. The number of nitrogens with one attached hydrogen (secondary N) is 1. The number of hydrogen-bond donors (Lipinski definition) is 1. The van der Waals surface area contributed by atoms with Gasteiger partial charge >= 0.3 is 16.9 Å². The molecule has 8 rings (SSSR count). The monoisotopic (exact) mass is 713 g/mol. The largest absolute Gasteiger partial charge is 0.454 e. The van der Waals surface area contributed by atoms with Crippen molar-refractivity contribution in [1.29, 1.82) is 0 Å². The molecule has 0 unspecified atom stereocenters. The number of unbranched alkanes of at least 4 members (excludes halogenated alkanes) is 5. The lowest BCUT2D eigenvalue weighted by atomic mass is 9.88.